The third kappa shape index (κ3) is 6.27. The van der Waals surface area contributed by atoms with Crippen LogP contribution in [0.5, 0.6) is 0 Å². The van der Waals surface area contributed by atoms with Crippen molar-refractivity contribution in [3.8, 4) is 0 Å². The fourth-order valence-corrected chi connectivity index (χ4v) is 4.25. The lowest BCUT2D eigenvalue weighted by Crippen LogP contribution is -2.41. The summed E-state index contributed by atoms with van der Waals surface area (Å²) in [4.78, 5) is 41.2. The van der Waals surface area contributed by atoms with Crippen LogP contribution in [0, 0.1) is 5.92 Å². The van der Waals surface area contributed by atoms with E-state index in [2.05, 4.69) is 10.2 Å². The summed E-state index contributed by atoms with van der Waals surface area (Å²) >= 11 is 5.88. The molecule has 1 N–H and O–H groups in total. The number of carbonyl (C=O) groups is 3. The van der Waals surface area contributed by atoms with Gasteiger partial charge in [0.25, 0.3) is 11.8 Å². The Balaban J connectivity index is 1.18. The normalized spacial score (nSPS) is 16.7. The number of hydrogen-bond donors (Lipinski definition) is 1. The number of benzene rings is 2. The van der Waals surface area contributed by atoms with Gasteiger partial charge in [0.1, 0.15) is 0 Å². The van der Waals surface area contributed by atoms with E-state index >= 15 is 0 Å². The molecule has 0 aliphatic carbocycles. The molecule has 8 nitrogen and oxygen atoms in total. The van der Waals surface area contributed by atoms with Gasteiger partial charge in [-0.15, -0.1) is 0 Å². The lowest BCUT2D eigenvalue weighted by Gasteiger charge is -2.31. The Morgan fingerprint density at radius 2 is 1.59 bits per heavy atom. The molecule has 0 radical (unpaired) electrons. The Bertz CT molecular complexity index is 998. The lowest BCUT2D eigenvalue weighted by molar-refractivity contribution is -0.152. The summed E-state index contributed by atoms with van der Waals surface area (Å²) in [5, 5.41) is 3.33. The van der Waals surface area contributed by atoms with Gasteiger partial charge in [-0.3, -0.25) is 14.4 Å². The number of piperidine rings is 1. The second kappa shape index (κ2) is 11.4. The minimum atomic E-state index is -0.406. The molecule has 2 fully saturated rings. The van der Waals surface area contributed by atoms with E-state index in [1.807, 2.05) is 24.3 Å². The Labute approximate surface area is 203 Å². The molecule has 2 heterocycles. The third-order valence-electron chi connectivity index (χ3n) is 6.08. The highest BCUT2D eigenvalue weighted by Crippen LogP contribution is 2.22. The van der Waals surface area contributed by atoms with Crippen LogP contribution < -0.4 is 10.2 Å². The van der Waals surface area contributed by atoms with Crippen LogP contribution in [0.15, 0.2) is 48.5 Å². The minimum Gasteiger partial charge on any atom is -0.455 e. The first-order valence-corrected chi connectivity index (χ1v) is 11.8. The van der Waals surface area contributed by atoms with Crippen molar-refractivity contribution in [3.63, 3.8) is 0 Å². The molecule has 4 rings (SSSR count). The van der Waals surface area contributed by atoms with Crippen molar-refractivity contribution >= 4 is 40.8 Å². The highest BCUT2D eigenvalue weighted by Gasteiger charge is 2.29. The molecule has 2 aromatic carbocycles. The fourth-order valence-electron chi connectivity index (χ4n) is 4.12. The van der Waals surface area contributed by atoms with Crippen LogP contribution >= 0.6 is 11.6 Å². The standard InChI is InChI=1S/C25H28ClN3O5/c26-20-3-1-18(2-4-20)24(31)29-11-9-19(10-12-29)25(32)34-17-23(30)27-21-5-7-22(8-6-21)28-13-15-33-16-14-28/h1-8,19H,9-17H2,(H,27,30). The smallest absolute Gasteiger partial charge is 0.309 e. The highest BCUT2D eigenvalue weighted by atomic mass is 35.5. The quantitative estimate of drug-likeness (QED) is 0.632. The molecular weight excluding hydrogens is 458 g/mol. The van der Waals surface area contributed by atoms with E-state index in [4.69, 9.17) is 21.1 Å². The second-order valence-electron chi connectivity index (χ2n) is 8.38. The van der Waals surface area contributed by atoms with Crippen molar-refractivity contribution in [1.82, 2.24) is 4.90 Å². The number of morpholine rings is 1. The molecule has 2 amide bonds. The number of nitrogens with zero attached hydrogens (tertiary/aromatic N) is 2. The van der Waals surface area contributed by atoms with Gasteiger partial charge in [0.15, 0.2) is 6.61 Å². The average Bonchev–Trinajstić information content (AvgIpc) is 2.88. The first-order chi connectivity index (χ1) is 16.5. The number of amides is 2. The zero-order valence-corrected chi connectivity index (χ0v) is 19.6. The third-order valence-corrected chi connectivity index (χ3v) is 6.33. The highest BCUT2D eigenvalue weighted by molar-refractivity contribution is 6.30. The van der Waals surface area contributed by atoms with Gasteiger partial charge in [-0.05, 0) is 61.4 Å². The number of halogens is 1. The zero-order valence-electron chi connectivity index (χ0n) is 18.9. The van der Waals surface area contributed by atoms with Crippen molar-refractivity contribution in [2.45, 2.75) is 12.8 Å². The molecule has 2 aliphatic heterocycles. The molecule has 0 unspecified atom stereocenters. The van der Waals surface area contributed by atoms with Gasteiger partial charge < -0.3 is 24.6 Å². The van der Waals surface area contributed by atoms with Crippen LogP contribution in [0.1, 0.15) is 23.2 Å². The Hall–Kier alpha value is -3.10. The monoisotopic (exact) mass is 485 g/mol. The molecule has 0 bridgehead atoms. The molecule has 0 saturated carbocycles. The Kier molecular flexibility index (Phi) is 8.03. The molecule has 2 aromatic rings. The molecule has 0 spiro atoms. The molecular formula is C25H28ClN3O5. The molecule has 180 valence electrons. The van der Waals surface area contributed by atoms with Crippen LogP contribution in [-0.2, 0) is 19.1 Å². The second-order valence-corrected chi connectivity index (χ2v) is 8.81. The van der Waals surface area contributed by atoms with Gasteiger partial charge in [0, 0.05) is 48.1 Å². The van der Waals surface area contributed by atoms with Gasteiger partial charge in [-0.1, -0.05) is 11.6 Å². The lowest BCUT2D eigenvalue weighted by atomic mass is 9.96. The van der Waals surface area contributed by atoms with Crippen LogP contribution in [0.3, 0.4) is 0 Å². The number of anilines is 2. The van der Waals surface area contributed by atoms with Crippen molar-refractivity contribution in [2.75, 3.05) is 56.2 Å². The first kappa shape index (κ1) is 24.0. The van der Waals surface area contributed by atoms with E-state index in [0.29, 0.717) is 55.4 Å². The van der Waals surface area contributed by atoms with Gasteiger partial charge in [-0.2, -0.15) is 0 Å². The van der Waals surface area contributed by atoms with Gasteiger partial charge >= 0.3 is 5.97 Å². The Morgan fingerprint density at radius 3 is 2.24 bits per heavy atom. The van der Waals surface area contributed by atoms with Crippen molar-refractivity contribution in [3.05, 3.63) is 59.1 Å². The fraction of sp³-hybridized carbons (Fsp3) is 0.400. The van der Waals surface area contributed by atoms with E-state index in [9.17, 15) is 14.4 Å². The molecule has 2 aliphatic rings. The summed E-state index contributed by atoms with van der Waals surface area (Å²) in [6, 6.07) is 14.3. The maximum atomic E-state index is 12.6. The predicted molar refractivity (Wildman–Crippen MR) is 129 cm³/mol. The summed E-state index contributed by atoms with van der Waals surface area (Å²) in [5.41, 5.74) is 2.29. The van der Waals surface area contributed by atoms with Crippen LogP contribution in [-0.4, -0.2) is 68.7 Å². The maximum absolute atomic E-state index is 12.6. The van der Waals surface area contributed by atoms with Gasteiger partial charge in [0.2, 0.25) is 0 Å². The largest absolute Gasteiger partial charge is 0.455 e. The van der Waals surface area contributed by atoms with E-state index in [-0.39, 0.29) is 24.3 Å². The summed E-state index contributed by atoms with van der Waals surface area (Å²) in [6.45, 7) is 3.69. The van der Waals surface area contributed by atoms with Crippen molar-refractivity contribution < 1.29 is 23.9 Å². The number of ether oxygens (including phenoxy) is 2. The number of hydrogen-bond acceptors (Lipinski definition) is 6. The summed E-state index contributed by atoms with van der Waals surface area (Å²) in [6.07, 6.45) is 1.01. The summed E-state index contributed by atoms with van der Waals surface area (Å²) in [5.74, 6) is -1.20. The predicted octanol–water partition coefficient (Wildman–Crippen LogP) is 3.21. The SMILES string of the molecule is O=C(COC(=O)C1CCN(C(=O)c2ccc(Cl)cc2)CC1)Nc1ccc(N2CCOCC2)cc1. The van der Waals surface area contributed by atoms with Gasteiger partial charge in [0.05, 0.1) is 19.1 Å². The molecule has 34 heavy (non-hydrogen) atoms. The molecule has 0 aromatic heterocycles. The van der Waals surface area contributed by atoms with E-state index in [1.165, 1.54) is 0 Å². The minimum absolute atomic E-state index is 0.0810. The van der Waals surface area contributed by atoms with E-state index < -0.39 is 5.97 Å². The molecule has 2 saturated heterocycles. The maximum Gasteiger partial charge on any atom is 0.309 e. The number of carbonyl (C=O) groups excluding carboxylic acids is 3. The van der Waals surface area contributed by atoms with E-state index in [1.54, 1.807) is 29.2 Å². The number of likely N-dealkylation sites (tertiary alicyclic amines) is 1. The van der Waals surface area contributed by atoms with Gasteiger partial charge in [-0.25, -0.2) is 0 Å². The van der Waals surface area contributed by atoms with Crippen molar-refractivity contribution in [1.29, 1.82) is 0 Å². The number of esters is 1. The van der Waals surface area contributed by atoms with Crippen LogP contribution in [0.4, 0.5) is 11.4 Å². The van der Waals surface area contributed by atoms with Crippen molar-refractivity contribution in [2.24, 2.45) is 5.92 Å². The number of nitrogens with one attached hydrogen (secondary N) is 1. The average molecular weight is 486 g/mol. The first-order valence-electron chi connectivity index (χ1n) is 11.4. The molecule has 0 atom stereocenters. The summed E-state index contributed by atoms with van der Waals surface area (Å²) in [7, 11) is 0. The topological polar surface area (TPSA) is 88.2 Å². The zero-order chi connectivity index (χ0) is 23.9. The van der Waals surface area contributed by atoms with Crippen LogP contribution in [0.2, 0.25) is 5.02 Å². The molecule has 9 heteroatoms. The van der Waals surface area contributed by atoms with E-state index in [0.717, 1.165) is 18.8 Å². The summed E-state index contributed by atoms with van der Waals surface area (Å²) < 4.78 is 10.6. The Morgan fingerprint density at radius 1 is 0.941 bits per heavy atom. The van der Waals surface area contributed by atoms with Crippen LogP contribution in [0.25, 0.3) is 0 Å². The number of rotatable bonds is 6.